The van der Waals surface area contributed by atoms with Crippen LogP contribution in [0.15, 0.2) is 23.1 Å². The number of benzene rings is 1. The molecular formula is C13H20N2O2S. The summed E-state index contributed by atoms with van der Waals surface area (Å²) in [6.45, 7) is 3.11. The minimum Gasteiger partial charge on any atom is -0.316 e. The van der Waals surface area contributed by atoms with E-state index in [1.165, 1.54) is 0 Å². The molecule has 1 saturated carbocycles. The van der Waals surface area contributed by atoms with Crippen LogP contribution in [0.1, 0.15) is 24.0 Å². The standard InChI is InChI=1S/C13H20N2O2S/c1-10-12(9-14-2)4-3-5-13(10)18(16,17)15-8-11-6-7-11/h3-5,11,14-15H,6-9H2,1-2H3. The lowest BCUT2D eigenvalue weighted by atomic mass is 10.1. The van der Waals surface area contributed by atoms with Crippen LogP contribution in [0.5, 0.6) is 0 Å². The zero-order chi connectivity index (χ0) is 13.2. The van der Waals surface area contributed by atoms with Gasteiger partial charge in [0.1, 0.15) is 0 Å². The Morgan fingerprint density at radius 2 is 2.06 bits per heavy atom. The fourth-order valence-electron chi connectivity index (χ4n) is 1.96. The summed E-state index contributed by atoms with van der Waals surface area (Å²) < 4.78 is 27.1. The largest absolute Gasteiger partial charge is 0.316 e. The van der Waals surface area contributed by atoms with E-state index in [1.54, 1.807) is 12.1 Å². The van der Waals surface area contributed by atoms with Crippen LogP contribution in [-0.2, 0) is 16.6 Å². The van der Waals surface area contributed by atoms with Crippen molar-refractivity contribution in [1.82, 2.24) is 10.0 Å². The molecule has 18 heavy (non-hydrogen) atoms. The predicted molar refractivity (Wildman–Crippen MR) is 71.9 cm³/mol. The molecule has 0 unspecified atom stereocenters. The Kier molecular flexibility index (Phi) is 4.04. The van der Waals surface area contributed by atoms with E-state index in [9.17, 15) is 8.42 Å². The monoisotopic (exact) mass is 268 g/mol. The predicted octanol–water partition coefficient (Wildman–Crippen LogP) is 1.40. The van der Waals surface area contributed by atoms with Gasteiger partial charge in [0.15, 0.2) is 0 Å². The second-order valence-electron chi connectivity index (χ2n) is 4.87. The highest BCUT2D eigenvalue weighted by Gasteiger charge is 2.25. The fourth-order valence-corrected chi connectivity index (χ4v) is 3.36. The van der Waals surface area contributed by atoms with Gasteiger partial charge in [-0.3, -0.25) is 0 Å². The van der Waals surface area contributed by atoms with Crippen molar-refractivity contribution in [3.63, 3.8) is 0 Å². The first-order chi connectivity index (χ1) is 8.54. The molecule has 1 aromatic rings. The highest BCUT2D eigenvalue weighted by molar-refractivity contribution is 7.89. The van der Waals surface area contributed by atoms with Crippen molar-refractivity contribution in [2.75, 3.05) is 13.6 Å². The molecule has 2 N–H and O–H groups in total. The highest BCUT2D eigenvalue weighted by atomic mass is 32.2. The van der Waals surface area contributed by atoms with E-state index in [2.05, 4.69) is 10.0 Å². The molecule has 1 aliphatic rings. The molecule has 100 valence electrons. The molecule has 0 bridgehead atoms. The molecule has 0 aliphatic heterocycles. The summed E-state index contributed by atoms with van der Waals surface area (Å²) in [7, 11) is -1.51. The van der Waals surface area contributed by atoms with Crippen molar-refractivity contribution in [1.29, 1.82) is 0 Å². The van der Waals surface area contributed by atoms with Gasteiger partial charge < -0.3 is 5.32 Å². The van der Waals surface area contributed by atoms with Crippen LogP contribution in [0.3, 0.4) is 0 Å². The van der Waals surface area contributed by atoms with Crippen LogP contribution in [-0.4, -0.2) is 22.0 Å². The second-order valence-corrected chi connectivity index (χ2v) is 6.60. The van der Waals surface area contributed by atoms with Gasteiger partial charge in [0.25, 0.3) is 0 Å². The first-order valence-electron chi connectivity index (χ1n) is 6.27. The average molecular weight is 268 g/mol. The van der Waals surface area contributed by atoms with Gasteiger partial charge in [-0.2, -0.15) is 0 Å². The lowest BCUT2D eigenvalue weighted by Gasteiger charge is -2.12. The SMILES string of the molecule is CNCc1cccc(S(=O)(=O)NCC2CC2)c1C. The van der Waals surface area contributed by atoms with E-state index >= 15 is 0 Å². The zero-order valence-electron chi connectivity index (χ0n) is 10.9. The fraction of sp³-hybridized carbons (Fsp3) is 0.538. The van der Waals surface area contributed by atoms with Crippen LogP contribution in [0.4, 0.5) is 0 Å². The molecule has 1 aliphatic carbocycles. The Morgan fingerprint density at radius 3 is 2.67 bits per heavy atom. The van der Waals surface area contributed by atoms with Crippen LogP contribution in [0.25, 0.3) is 0 Å². The molecule has 0 amide bonds. The smallest absolute Gasteiger partial charge is 0.240 e. The Hall–Kier alpha value is -0.910. The van der Waals surface area contributed by atoms with Crippen LogP contribution in [0.2, 0.25) is 0 Å². The summed E-state index contributed by atoms with van der Waals surface area (Å²) >= 11 is 0. The van der Waals surface area contributed by atoms with E-state index in [1.807, 2.05) is 20.0 Å². The van der Waals surface area contributed by atoms with Crippen molar-refractivity contribution in [3.05, 3.63) is 29.3 Å². The maximum atomic E-state index is 12.2. The van der Waals surface area contributed by atoms with Crippen molar-refractivity contribution >= 4 is 10.0 Å². The molecule has 4 nitrogen and oxygen atoms in total. The second kappa shape index (κ2) is 5.38. The number of nitrogens with one attached hydrogen (secondary N) is 2. The van der Waals surface area contributed by atoms with E-state index in [0.29, 0.717) is 23.9 Å². The lowest BCUT2D eigenvalue weighted by Crippen LogP contribution is -2.27. The van der Waals surface area contributed by atoms with Crippen LogP contribution < -0.4 is 10.0 Å². The molecule has 0 heterocycles. The molecular weight excluding hydrogens is 248 g/mol. The Balaban J connectivity index is 2.22. The summed E-state index contributed by atoms with van der Waals surface area (Å²) in [5.74, 6) is 0.542. The van der Waals surface area contributed by atoms with E-state index in [4.69, 9.17) is 0 Å². The average Bonchev–Trinajstić information content (AvgIpc) is 3.13. The summed E-state index contributed by atoms with van der Waals surface area (Å²) in [6, 6.07) is 5.42. The van der Waals surface area contributed by atoms with Gasteiger partial charge in [-0.1, -0.05) is 12.1 Å². The third kappa shape index (κ3) is 3.10. The third-order valence-corrected chi connectivity index (χ3v) is 4.88. The maximum absolute atomic E-state index is 12.2. The summed E-state index contributed by atoms with van der Waals surface area (Å²) in [5, 5.41) is 3.05. The highest BCUT2D eigenvalue weighted by Crippen LogP contribution is 2.28. The quantitative estimate of drug-likeness (QED) is 0.820. The Morgan fingerprint density at radius 1 is 1.33 bits per heavy atom. The lowest BCUT2D eigenvalue weighted by molar-refractivity contribution is 0.576. The van der Waals surface area contributed by atoms with Gasteiger partial charge >= 0.3 is 0 Å². The van der Waals surface area contributed by atoms with Crippen molar-refractivity contribution in [2.24, 2.45) is 5.92 Å². The van der Waals surface area contributed by atoms with Crippen molar-refractivity contribution in [2.45, 2.75) is 31.2 Å². The molecule has 0 spiro atoms. The molecule has 0 aromatic heterocycles. The maximum Gasteiger partial charge on any atom is 0.240 e. The molecule has 1 aromatic carbocycles. The molecule has 1 fully saturated rings. The first-order valence-corrected chi connectivity index (χ1v) is 7.75. The van der Waals surface area contributed by atoms with Crippen molar-refractivity contribution < 1.29 is 8.42 Å². The van der Waals surface area contributed by atoms with Gasteiger partial charge in [0.05, 0.1) is 4.90 Å². The van der Waals surface area contributed by atoms with Crippen molar-refractivity contribution in [3.8, 4) is 0 Å². The Bertz CT molecular complexity index is 522. The Labute approximate surface area is 109 Å². The number of hydrogen-bond acceptors (Lipinski definition) is 3. The summed E-state index contributed by atoms with van der Waals surface area (Å²) in [6.07, 6.45) is 2.28. The zero-order valence-corrected chi connectivity index (χ0v) is 11.7. The molecule has 2 rings (SSSR count). The van der Waals surface area contributed by atoms with Gasteiger partial charge in [-0.25, -0.2) is 13.1 Å². The van der Waals surface area contributed by atoms with E-state index in [-0.39, 0.29) is 0 Å². The molecule has 5 heteroatoms. The minimum absolute atomic E-state index is 0.399. The first kappa shape index (κ1) is 13.5. The number of sulfonamides is 1. The van der Waals surface area contributed by atoms with E-state index in [0.717, 1.165) is 24.0 Å². The summed E-state index contributed by atoms with van der Waals surface area (Å²) in [4.78, 5) is 0.399. The van der Waals surface area contributed by atoms with Gasteiger partial charge in [0, 0.05) is 13.1 Å². The molecule has 0 atom stereocenters. The van der Waals surface area contributed by atoms with Gasteiger partial charge in [-0.15, -0.1) is 0 Å². The van der Waals surface area contributed by atoms with Gasteiger partial charge in [-0.05, 0) is 49.9 Å². The third-order valence-electron chi connectivity index (χ3n) is 3.31. The topological polar surface area (TPSA) is 58.2 Å². The number of rotatable bonds is 6. The minimum atomic E-state index is -3.36. The summed E-state index contributed by atoms with van der Waals surface area (Å²) in [5.41, 5.74) is 1.85. The normalized spacial score (nSPS) is 15.9. The number of hydrogen-bond donors (Lipinski definition) is 2. The van der Waals surface area contributed by atoms with Crippen LogP contribution >= 0.6 is 0 Å². The van der Waals surface area contributed by atoms with Crippen LogP contribution in [0, 0.1) is 12.8 Å². The molecule has 0 saturated heterocycles. The van der Waals surface area contributed by atoms with E-state index < -0.39 is 10.0 Å². The molecule has 0 radical (unpaired) electrons. The van der Waals surface area contributed by atoms with Gasteiger partial charge in [0.2, 0.25) is 10.0 Å².